The van der Waals surface area contributed by atoms with Crippen molar-refractivity contribution in [3.63, 3.8) is 0 Å². The molecule has 2 heterocycles. The third-order valence-electron chi connectivity index (χ3n) is 3.58. The van der Waals surface area contributed by atoms with Crippen LogP contribution in [0.15, 0.2) is 36.8 Å². The zero-order valence-corrected chi connectivity index (χ0v) is 13.7. The molecule has 0 spiro atoms. The van der Waals surface area contributed by atoms with Crippen LogP contribution in [-0.4, -0.2) is 24.9 Å². The molecule has 2 aromatic heterocycles. The van der Waals surface area contributed by atoms with Crippen LogP contribution < -0.4 is 5.32 Å². The first-order valence-corrected chi connectivity index (χ1v) is 7.57. The van der Waals surface area contributed by atoms with E-state index in [1.807, 2.05) is 31.6 Å². The molecule has 0 radical (unpaired) electrons. The number of rotatable bonds is 4. The average molecular weight is 327 g/mol. The molecule has 0 amide bonds. The van der Waals surface area contributed by atoms with Gasteiger partial charge in [-0.15, -0.1) is 0 Å². The minimum absolute atomic E-state index is 0.259. The number of aryl methyl sites for hydroxylation is 1. The molecule has 0 fully saturated rings. The van der Waals surface area contributed by atoms with Crippen molar-refractivity contribution in [1.82, 2.24) is 19.7 Å². The minimum atomic E-state index is -0.682. The standard InChI is InChI=1S/C17H18FN5O/c1-10(2)23-9-13(8-20-23)21-17-19-7-11(3)16(22-17)12-4-5-15(24)14(18)6-12/h4-10,24H,1-3H3,(H,19,21,22). The fourth-order valence-electron chi connectivity index (χ4n) is 2.26. The number of phenols is 1. The van der Waals surface area contributed by atoms with E-state index in [1.165, 1.54) is 12.1 Å². The van der Waals surface area contributed by atoms with Gasteiger partial charge >= 0.3 is 0 Å². The lowest BCUT2D eigenvalue weighted by Gasteiger charge is -2.09. The number of aromatic nitrogens is 4. The van der Waals surface area contributed by atoms with Gasteiger partial charge in [-0.2, -0.15) is 5.10 Å². The molecule has 124 valence electrons. The van der Waals surface area contributed by atoms with Gasteiger partial charge in [0.25, 0.3) is 0 Å². The molecular weight excluding hydrogens is 309 g/mol. The third kappa shape index (κ3) is 3.19. The summed E-state index contributed by atoms with van der Waals surface area (Å²) in [7, 11) is 0. The molecule has 3 aromatic rings. The number of anilines is 2. The normalized spacial score (nSPS) is 11.0. The third-order valence-corrected chi connectivity index (χ3v) is 3.58. The molecule has 3 rings (SSSR count). The number of hydrogen-bond donors (Lipinski definition) is 2. The summed E-state index contributed by atoms with van der Waals surface area (Å²) in [6.45, 7) is 5.92. The van der Waals surface area contributed by atoms with Crippen molar-refractivity contribution < 1.29 is 9.50 Å². The molecule has 24 heavy (non-hydrogen) atoms. The van der Waals surface area contributed by atoms with Crippen molar-refractivity contribution in [2.24, 2.45) is 0 Å². The summed E-state index contributed by atoms with van der Waals surface area (Å²) in [6, 6.07) is 4.45. The fraction of sp³-hybridized carbons (Fsp3) is 0.235. The van der Waals surface area contributed by atoms with Crippen LogP contribution in [0, 0.1) is 12.7 Å². The van der Waals surface area contributed by atoms with E-state index in [2.05, 4.69) is 20.4 Å². The first-order chi connectivity index (χ1) is 11.4. The predicted octanol–water partition coefficient (Wildman–Crippen LogP) is 3.82. The first-order valence-electron chi connectivity index (χ1n) is 7.57. The molecule has 2 N–H and O–H groups in total. The highest BCUT2D eigenvalue weighted by molar-refractivity contribution is 5.65. The highest BCUT2D eigenvalue weighted by atomic mass is 19.1. The van der Waals surface area contributed by atoms with Crippen LogP contribution in [0.3, 0.4) is 0 Å². The first kappa shape index (κ1) is 15.9. The van der Waals surface area contributed by atoms with Gasteiger partial charge in [0.05, 0.1) is 17.6 Å². The summed E-state index contributed by atoms with van der Waals surface area (Å²) >= 11 is 0. The number of nitrogens with zero attached hydrogens (tertiary/aromatic N) is 4. The van der Waals surface area contributed by atoms with Crippen molar-refractivity contribution in [3.05, 3.63) is 48.2 Å². The summed E-state index contributed by atoms with van der Waals surface area (Å²) in [5.74, 6) is -0.671. The van der Waals surface area contributed by atoms with E-state index < -0.39 is 5.82 Å². The smallest absolute Gasteiger partial charge is 0.227 e. The Balaban J connectivity index is 1.91. The Morgan fingerprint density at radius 3 is 2.71 bits per heavy atom. The van der Waals surface area contributed by atoms with Crippen LogP contribution in [0.2, 0.25) is 0 Å². The number of halogens is 1. The molecular formula is C17H18FN5O. The zero-order chi connectivity index (χ0) is 17.3. The second-order valence-corrected chi connectivity index (χ2v) is 5.82. The summed E-state index contributed by atoms with van der Waals surface area (Å²) in [5, 5.41) is 16.7. The van der Waals surface area contributed by atoms with Crippen molar-refractivity contribution in [1.29, 1.82) is 0 Å². The number of nitrogens with one attached hydrogen (secondary N) is 1. The Labute approximate surface area is 139 Å². The van der Waals surface area contributed by atoms with Gasteiger partial charge in [0.1, 0.15) is 0 Å². The minimum Gasteiger partial charge on any atom is -0.505 e. The SMILES string of the molecule is Cc1cnc(Nc2cnn(C(C)C)c2)nc1-c1ccc(O)c(F)c1. The molecule has 1 aromatic carbocycles. The van der Waals surface area contributed by atoms with Gasteiger partial charge in [0.2, 0.25) is 5.95 Å². The highest BCUT2D eigenvalue weighted by Crippen LogP contribution is 2.27. The molecule has 7 heteroatoms. The lowest BCUT2D eigenvalue weighted by molar-refractivity contribution is 0.432. The van der Waals surface area contributed by atoms with Crippen LogP contribution in [0.25, 0.3) is 11.3 Å². The van der Waals surface area contributed by atoms with Gasteiger partial charge in [-0.1, -0.05) is 0 Å². The Kier molecular flexibility index (Phi) is 4.16. The van der Waals surface area contributed by atoms with Crippen molar-refractivity contribution in [2.45, 2.75) is 26.8 Å². The average Bonchev–Trinajstić information content (AvgIpc) is 3.01. The van der Waals surface area contributed by atoms with Crippen LogP contribution in [-0.2, 0) is 0 Å². The summed E-state index contributed by atoms with van der Waals surface area (Å²) in [4.78, 5) is 8.71. The summed E-state index contributed by atoms with van der Waals surface area (Å²) in [6.07, 6.45) is 5.24. The lowest BCUT2D eigenvalue weighted by Crippen LogP contribution is -2.01. The second-order valence-electron chi connectivity index (χ2n) is 5.82. The summed E-state index contributed by atoms with van der Waals surface area (Å²) < 4.78 is 15.4. The number of aromatic hydroxyl groups is 1. The van der Waals surface area contributed by atoms with Gasteiger partial charge in [-0.25, -0.2) is 14.4 Å². The van der Waals surface area contributed by atoms with Crippen LogP contribution >= 0.6 is 0 Å². The van der Waals surface area contributed by atoms with Crippen molar-refractivity contribution >= 4 is 11.6 Å². The monoisotopic (exact) mass is 327 g/mol. The number of phenolic OH excluding ortho intramolecular Hbond substituents is 1. The van der Waals surface area contributed by atoms with Gasteiger partial charge in [0, 0.05) is 24.0 Å². The van der Waals surface area contributed by atoms with Gasteiger partial charge in [-0.3, -0.25) is 4.68 Å². The maximum Gasteiger partial charge on any atom is 0.227 e. The molecule has 0 bridgehead atoms. The van der Waals surface area contributed by atoms with Crippen LogP contribution in [0.1, 0.15) is 25.5 Å². The fourth-order valence-corrected chi connectivity index (χ4v) is 2.26. The van der Waals surface area contributed by atoms with E-state index in [-0.39, 0.29) is 11.8 Å². The van der Waals surface area contributed by atoms with E-state index in [0.717, 1.165) is 11.3 Å². The van der Waals surface area contributed by atoms with E-state index in [0.29, 0.717) is 17.2 Å². The van der Waals surface area contributed by atoms with Gasteiger partial charge < -0.3 is 10.4 Å². The predicted molar refractivity (Wildman–Crippen MR) is 89.7 cm³/mol. The quantitative estimate of drug-likeness (QED) is 0.762. The van der Waals surface area contributed by atoms with E-state index in [9.17, 15) is 9.50 Å². The van der Waals surface area contributed by atoms with Crippen molar-refractivity contribution in [3.8, 4) is 17.0 Å². The topological polar surface area (TPSA) is 75.9 Å². The second kappa shape index (κ2) is 6.27. The molecule has 0 aliphatic rings. The Morgan fingerprint density at radius 2 is 2.04 bits per heavy atom. The summed E-state index contributed by atoms with van der Waals surface area (Å²) in [5.41, 5.74) is 2.76. The highest BCUT2D eigenvalue weighted by Gasteiger charge is 2.10. The largest absolute Gasteiger partial charge is 0.505 e. The molecule has 0 saturated heterocycles. The van der Waals surface area contributed by atoms with Crippen molar-refractivity contribution in [2.75, 3.05) is 5.32 Å². The molecule has 6 nitrogen and oxygen atoms in total. The molecule has 0 saturated carbocycles. The maximum atomic E-state index is 13.6. The van der Waals surface area contributed by atoms with E-state index in [1.54, 1.807) is 18.5 Å². The zero-order valence-electron chi connectivity index (χ0n) is 13.7. The molecule has 0 aliphatic carbocycles. The Bertz CT molecular complexity index is 875. The lowest BCUT2D eigenvalue weighted by atomic mass is 10.1. The van der Waals surface area contributed by atoms with Gasteiger partial charge in [-0.05, 0) is 44.5 Å². The Hall–Kier alpha value is -2.96. The molecule has 0 atom stereocenters. The van der Waals surface area contributed by atoms with E-state index >= 15 is 0 Å². The number of benzene rings is 1. The number of hydrogen-bond acceptors (Lipinski definition) is 5. The van der Waals surface area contributed by atoms with Crippen LogP contribution in [0.4, 0.5) is 16.0 Å². The maximum absolute atomic E-state index is 13.6. The van der Waals surface area contributed by atoms with E-state index in [4.69, 9.17) is 0 Å². The molecule has 0 aliphatic heterocycles. The Morgan fingerprint density at radius 1 is 1.25 bits per heavy atom. The molecule has 0 unspecified atom stereocenters. The van der Waals surface area contributed by atoms with Gasteiger partial charge in [0.15, 0.2) is 11.6 Å². The van der Waals surface area contributed by atoms with Crippen LogP contribution in [0.5, 0.6) is 5.75 Å².